The molecular formula is C27H30ClFN5O5-. The minimum Gasteiger partial charge on any atom is -0.477 e. The number of pyridine rings is 1. The Morgan fingerprint density at radius 3 is 2.59 bits per heavy atom. The van der Waals surface area contributed by atoms with Gasteiger partial charge in [-0.15, -0.1) is 0 Å². The third-order valence-electron chi connectivity index (χ3n) is 6.18. The topological polar surface area (TPSA) is 119 Å². The first-order chi connectivity index (χ1) is 18.4. The van der Waals surface area contributed by atoms with E-state index in [0.29, 0.717) is 25.2 Å². The second kappa shape index (κ2) is 11.1. The summed E-state index contributed by atoms with van der Waals surface area (Å²) in [6.45, 7) is 6.41. The Hall–Kier alpha value is -3.86. The summed E-state index contributed by atoms with van der Waals surface area (Å²) in [5.74, 6) is -2.06. The number of carboxylic acid groups (broad SMARTS) is 1. The van der Waals surface area contributed by atoms with E-state index in [9.17, 15) is 19.5 Å². The average Bonchev–Trinajstić information content (AvgIpc) is 3.29. The number of hydrogen-bond donors (Lipinski definition) is 1. The van der Waals surface area contributed by atoms with E-state index in [0.717, 1.165) is 24.5 Å². The standard InChI is InChI=1S/C24H27ClFN3O5.C3H3N2/c1-24(2,3)34-23(33)27(4)10-13-7-8-28(11-13)20-17(26)9-15-19(18(20)25)29(14-5-6-14)12-16(21(15)30)22(31)32;1-2-5-3-4-1/h7,9,12,14H,5-6,8,10-11H2,1-4H3,(H,31,32);1-3H/q;-1. The van der Waals surface area contributed by atoms with Gasteiger partial charge in [0.05, 0.1) is 21.6 Å². The van der Waals surface area contributed by atoms with Gasteiger partial charge >= 0.3 is 12.1 Å². The van der Waals surface area contributed by atoms with Gasteiger partial charge in [-0.1, -0.05) is 36.4 Å². The zero-order chi connectivity index (χ0) is 28.5. The molecule has 39 heavy (non-hydrogen) atoms. The summed E-state index contributed by atoms with van der Waals surface area (Å²) in [5, 5.41) is 9.46. The van der Waals surface area contributed by atoms with Crippen LogP contribution >= 0.6 is 11.6 Å². The fourth-order valence-electron chi connectivity index (χ4n) is 4.31. The van der Waals surface area contributed by atoms with Gasteiger partial charge in [-0.05, 0) is 45.3 Å². The van der Waals surface area contributed by atoms with Crippen LogP contribution in [-0.2, 0) is 4.74 Å². The van der Waals surface area contributed by atoms with Gasteiger partial charge in [-0.25, -0.2) is 14.0 Å². The lowest BCUT2D eigenvalue weighted by Crippen LogP contribution is -2.36. The minimum atomic E-state index is -1.36. The maximum atomic E-state index is 15.3. The number of amides is 1. The van der Waals surface area contributed by atoms with Crippen molar-refractivity contribution in [2.75, 3.05) is 31.6 Å². The Balaban J connectivity index is 0.000000634. The molecule has 0 spiro atoms. The number of benzene rings is 1. The predicted octanol–water partition coefficient (Wildman–Crippen LogP) is 4.48. The van der Waals surface area contributed by atoms with Gasteiger partial charge in [0.15, 0.2) is 0 Å². The van der Waals surface area contributed by atoms with Crippen molar-refractivity contribution in [3.8, 4) is 0 Å². The summed E-state index contributed by atoms with van der Waals surface area (Å²) < 4.78 is 22.3. The number of carbonyl (C=O) groups excluding carboxylic acids is 1. The Kier molecular flexibility index (Phi) is 8.01. The predicted molar refractivity (Wildman–Crippen MR) is 145 cm³/mol. The van der Waals surface area contributed by atoms with Crippen LogP contribution < -0.4 is 15.3 Å². The third kappa shape index (κ3) is 6.42. The van der Waals surface area contributed by atoms with E-state index in [1.807, 2.05) is 6.08 Å². The van der Waals surface area contributed by atoms with Crippen molar-refractivity contribution < 1.29 is 23.8 Å². The van der Waals surface area contributed by atoms with Crippen LogP contribution in [0, 0.1) is 5.82 Å². The van der Waals surface area contributed by atoms with E-state index in [-0.39, 0.29) is 22.1 Å². The van der Waals surface area contributed by atoms with Crippen molar-refractivity contribution in [2.45, 2.75) is 45.3 Å². The van der Waals surface area contributed by atoms with E-state index in [1.54, 1.807) is 49.7 Å². The average molecular weight is 559 g/mol. The van der Waals surface area contributed by atoms with E-state index < -0.39 is 34.5 Å². The van der Waals surface area contributed by atoms with E-state index in [2.05, 4.69) is 9.97 Å². The third-order valence-corrected chi connectivity index (χ3v) is 6.54. The highest BCUT2D eigenvalue weighted by Gasteiger charge is 2.31. The van der Waals surface area contributed by atoms with Crippen molar-refractivity contribution in [2.24, 2.45) is 0 Å². The molecule has 1 saturated carbocycles. The first-order valence-corrected chi connectivity index (χ1v) is 12.8. The largest absolute Gasteiger partial charge is 0.477 e. The molecular weight excluding hydrogens is 529 g/mol. The molecule has 0 unspecified atom stereocenters. The van der Waals surface area contributed by atoms with Crippen LogP contribution in [0.1, 0.15) is 50.0 Å². The van der Waals surface area contributed by atoms with Gasteiger partial charge in [0.1, 0.15) is 17.0 Å². The number of halogens is 2. The van der Waals surface area contributed by atoms with Crippen LogP contribution in [0.5, 0.6) is 0 Å². The van der Waals surface area contributed by atoms with Gasteiger partial charge in [-0.3, -0.25) is 4.79 Å². The molecule has 3 aromatic rings. The number of aromatic carboxylic acids is 1. The number of hydrogen-bond acceptors (Lipinski definition) is 6. The number of carboxylic acids is 1. The SMILES string of the molecule is CN(CC1=CCN(c2c(F)cc3c(=O)c(C(=O)O)cn(C4CC4)c3c2Cl)C1)C(=O)OC(C)(C)C.c1c[n-]cn1. The Bertz CT molecular complexity index is 1460. The molecule has 0 saturated heterocycles. The number of anilines is 1. The molecule has 2 aliphatic rings. The number of carbonyl (C=O) groups is 2. The van der Waals surface area contributed by atoms with Gasteiger partial charge in [0.2, 0.25) is 5.43 Å². The molecule has 5 rings (SSSR count). The van der Waals surface area contributed by atoms with Crippen LogP contribution in [0.4, 0.5) is 14.9 Å². The van der Waals surface area contributed by atoms with Crippen molar-refractivity contribution in [3.63, 3.8) is 0 Å². The zero-order valence-corrected chi connectivity index (χ0v) is 22.9. The number of aromatic nitrogens is 3. The molecule has 1 aliphatic heterocycles. The van der Waals surface area contributed by atoms with E-state index in [4.69, 9.17) is 16.3 Å². The van der Waals surface area contributed by atoms with Gasteiger partial charge in [-0.2, -0.15) is 0 Å². The quantitative estimate of drug-likeness (QED) is 0.455. The fourth-order valence-corrected chi connectivity index (χ4v) is 4.72. The first kappa shape index (κ1) is 28.2. The molecule has 1 aromatic carbocycles. The van der Waals surface area contributed by atoms with Crippen LogP contribution in [0.2, 0.25) is 5.02 Å². The second-order valence-corrected chi connectivity index (χ2v) is 10.9. The van der Waals surface area contributed by atoms with E-state index in [1.165, 1.54) is 17.4 Å². The Morgan fingerprint density at radius 1 is 1.33 bits per heavy atom. The minimum absolute atomic E-state index is 0.0201. The Labute approximate surface area is 229 Å². The van der Waals surface area contributed by atoms with Crippen molar-refractivity contribution in [3.05, 3.63) is 69.3 Å². The number of rotatable bonds is 5. The maximum absolute atomic E-state index is 15.3. The summed E-state index contributed by atoms with van der Waals surface area (Å²) in [6.07, 6.45) is 9.19. The van der Waals surface area contributed by atoms with Gasteiger partial charge in [0.25, 0.3) is 0 Å². The van der Waals surface area contributed by atoms with Crippen molar-refractivity contribution in [1.29, 1.82) is 0 Å². The number of ether oxygens (including phenoxy) is 1. The normalized spacial score (nSPS) is 15.0. The first-order valence-electron chi connectivity index (χ1n) is 12.4. The molecule has 1 aliphatic carbocycles. The molecule has 2 aromatic heterocycles. The number of imidazole rings is 1. The summed E-state index contributed by atoms with van der Waals surface area (Å²) in [5.41, 5.74) is -0.387. The summed E-state index contributed by atoms with van der Waals surface area (Å²) in [4.78, 5) is 47.0. The number of fused-ring (bicyclic) bond motifs is 1. The smallest absolute Gasteiger partial charge is 0.410 e. The highest BCUT2D eigenvalue weighted by molar-refractivity contribution is 6.38. The second-order valence-electron chi connectivity index (χ2n) is 10.5. The van der Waals surface area contributed by atoms with Crippen molar-refractivity contribution >= 4 is 40.3 Å². The van der Waals surface area contributed by atoms with Crippen molar-refractivity contribution in [1.82, 2.24) is 19.4 Å². The van der Waals surface area contributed by atoms with E-state index >= 15 is 4.39 Å². The summed E-state index contributed by atoms with van der Waals surface area (Å²) in [7, 11) is 1.63. The zero-order valence-electron chi connectivity index (χ0n) is 22.1. The molecule has 0 bridgehead atoms. The lowest BCUT2D eigenvalue weighted by atomic mass is 10.1. The molecule has 208 valence electrons. The lowest BCUT2D eigenvalue weighted by Gasteiger charge is -2.26. The Morgan fingerprint density at radius 2 is 2.05 bits per heavy atom. The summed E-state index contributed by atoms with van der Waals surface area (Å²) in [6, 6.07) is 1.10. The molecule has 0 atom stereocenters. The van der Waals surface area contributed by atoms with Crippen LogP contribution in [0.15, 0.2) is 47.4 Å². The lowest BCUT2D eigenvalue weighted by molar-refractivity contribution is 0.0313. The van der Waals surface area contributed by atoms with Crippen LogP contribution in [0.25, 0.3) is 10.9 Å². The molecule has 1 fully saturated rings. The molecule has 12 heteroatoms. The molecule has 0 radical (unpaired) electrons. The molecule has 3 heterocycles. The van der Waals surface area contributed by atoms with Gasteiger partial charge in [0, 0.05) is 38.9 Å². The monoisotopic (exact) mass is 558 g/mol. The fraction of sp³-hybridized carbons (Fsp3) is 0.407. The van der Waals surface area contributed by atoms with Gasteiger partial charge < -0.3 is 34.2 Å². The van der Waals surface area contributed by atoms with Crippen LogP contribution in [0.3, 0.4) is 0 Å². The molecule has 1 amide bonds. The number of nitrogens with zero attached hydrogens (tertiary/aromatic N) is 5. The number of likely N-dealkylation sites (N-methyl/N-ethyl adjacent to an activating group) is 1. The summed E-state index contributed by atoms with van der Waals surface area (Å²) >= 11 is 6.69. The highest BCUT2D eigenvalue weighted by atomic mass is 35.5. The van der Waals surface area contributed by atoms with Crippen LogP contribution in [-0.4, -0.2) is 63.9 Å². The molecule has 10 nitrogen and oxygen atoms in total. The highest BCUT2D eigenvalue weighted by Crippen LogP contribution is 2.42. The molecule has 1 N–H and O–H groups in total. The maximum Gasteiger partial charge on any atom is 0.410 e.